The Labute approximate surface area is 217 Å². The number of aromatic nitrogens is 2. The molecule has 0 radical (unpaired) electrons. The van der Waals surface area contributed by atoms with E-state index >= 15 is 0 Å². The molecule has 0 aliphatic heterocycles. The van der Waals surface area contributed by atoms with Crippen molar-refractivity contribution in [1.82, 2.24) is 9.55 Å². The number of nitrogens with zero attached hydrogens (tertiary/aromatic N) is 3. The van der Waals surface area contributed by atoms with Crippen LogP contribution in [0.25, 0.3) is 28.2 Å². The van der Waals surface area contributed by atoms with E-state index in [4.69, 9.17) is 4.42 Å². The molecule has 5 nitrogen and oxygen atoms in total. The number of hydrogen-bond acceptors (Lipinski definition) is 5. The zero-order valence-electron chi connectivity index (χ0n) is 20.0. The van der Waals surface area contributed by atoms with Crippen LogP contribution in [0.3, 0.4) is 0 Å². The fourth-order valence-corrected chi connectivity index (χ4v) is 4.47. The van der Waals surface area contributed by atoms with Gasteiger partial charge < -0.3 is 4.42 Å². The Morgan fingerprint density at radius 3 is 2.53 bits per heavy atom. The highest BCUT2D eigenvalue weighted by atomic mass is 32.2. The van der Waals surface area contributed by atoms with Gasteiger partial charge in [0.1, 0.15) is 28.3 Å². The minimum atomic E-state index is -5.03. The van der Waals surface area contributed by atoms with Gasteiger partial charge in [0, 0.05) is 34.5 Å². The highest BCUT2D eigenvalue weighted by Crippen LogP contribution is 2.36. The van der Waals surface area contributed by atoms with Crippen LogP contribution >= 0.6 is 11.8 Å². The van der Waals surface area contributed by atoms with Crippen LogP contribution in [0.5, 0.6) is 0 Å². The zero-order chi connectivity index (χ0) is 27.8. The Morgan fingerprint density at radius 2 is 1.92 bits per heavy atom. The predicted molar refractivity (Wildman–Crippen MR) is 133 cm³/mol. The summed E-state index contributed by atoms with van der Waals surface area (Å²) in [6, 6.07) is 7.73. The van der Waals surface area contributed by atoms with Crippen LogP contribution in [-0.2, 0) is 12.7 Å². The molecule has 0 fully saturated rings. The Kier molecular flexibility index (Phi) is 7.29. The summed E-state index contributed by atoms with van der Waals surface area (Å²) in [5.41, 5.74) is -1.86. The summed E-state index contributed by atoms with van der Waals surface area (Å²) in [5.74, 6) is -2.01. The van der Waals surface area contributed by atoms with Crippen LogP contribution in [0.2, 0.25) is 0 Å². The third kappa shape index (κ3) is 5.13. The van der Waals surface area contributed by atoms with Crippen molar-refractivity contribution in [3.63, 3.8) is 0 Å². The highest BCUT2D eigenvalue weighted by molar-refractivity contribution is 7.98. The van der Waals surface area contributed by atoms with Crippen molar-refractivity contribution in [2.24, 2.45) is 0 Å². The van der Waals surface area contributed by atoms with Gasteiger partial charge in [0.05, 0.1) is 24.1 Å². The van der Waals surface area contributed by atoms with Gasteiger partial charge in [-0.05, 0) is 43.0 Å². The Balaban J connectivity index is 1.92. The molecule has 0 bridgehead atoms. The summed E-state index contributed by atoms with van der Waals surface area (Å²) in [7, 11) is 0. The fourth-order valence-electron chi connectivity index (χ4n) is 3.86. The Bertz CT molecular complexity index is 1660. The van der Waals surface area contributed by atoms with E-state index in [1.54, 1.807) is 12.3 Å². The molecule has 11 heteroatoms. The first-order valence-corrected chi connectivity index (χ1v) is 12.1. The van der Waals surface area contributed by atoms with E-state index in [-0.39, 0.29) is 17.0 Å². The second kappa shape index (κ2) is 10.3. The molecule has 0 unspecified atom stereocenters. The number of pyridine rings is 2. The van der Waals surface area contributed by atoms with Gasteiger partial charge in [-0.1, -0.05) is 12.6 Å². The lowest BCUT2D eigenvalue weighted by atomic mass is 10.0. The molecule has 0 atom stereocenters. The maximum absolute atomic E-state index is 14.4. The molecule has 4 aromatic rings. The number of alkyl halides is 3. The molecule has 38 heavy (non-hydrogen) atoms. The molecule has 0 amide bonds. The molecule has 0 saturated carbocycles. The van der Waals surface area contributed by atoms with Crippen LogP contribution in [0.4, 0.5) is 22.0 Å². The Morgan fingerprint density at radius 1 is 1.18 bits per heavy atom. The van der Waals surface area contributed by atoms with Crippen LogP contribution < -0.4 is 5.56 Å². The molecular formula is C27H18F5N3O2S. The van der Waals surface area contributed by atoms with Gasteiger partial charge in [0.15, 0.2) is 5.76 Å². The number of benzene rings is 1. The smallest absolute Gasteiger partial charge is 0.417 e. The quantitative estimate of drug-likeness (QED) is 0.191. The Hall–Kier alpha value is -4.17. The van der Waals surface area contributed by atoms with Crippen molar-refractivity contribution in [3.05, 3.63) is 99.7 Å². The third-order valence-corrected chi connectivity index (χ3v) is 6.46. The molecule has 194 valence electrons. The van der Waals surface area contributed by atoms with E-state index in [0.717, 1.165) is 32.9 Å². The van der Waals surface area contributed by atoms with Gasteiger partial charge in [-0.15, -0.1) is 11.8 Å². The SMILES string of the molecule is C=C(C)c1cc(-c2coc(-c3cc(C(F)(F)F)c(C#N)c(=O)n3Cc3ccc(F)cc3F)c2)cnc1SC. The summed E-state index contributed by atoms with van der Waals surface area (Å²) in [4.78, 5) is 17.5. The maximum atomic E-state index is 14.4. The highest BCUT2D eigenvalue weighted by Gasteiger charge is 2.37. The molecule has 3 aromatic heterocycles. The molecule has 3 heterocycles. The van der Waals surface area contributed by atoms with E-state index in [9.17, 15) is 32.0 Å². The summed E-state index contributed by atoms with van der Waals surface area (Å²) in [6.45, 7) is 5.18. The third-order valence-electron chi connectivity index (χ3n) is 5.75. The number of hydrogen-bond donors (Lipinski definition) is 0. The van der Waals surface area contributed by atoms with Crippen molar-refractivity contribution in [2.75, 3.05) is 6.26 Å². The lowest BCUT2D eigenvalue weighted by Crippen LogP contribution is -2.29. The average Bonchev–Trinajstić information content (AvgIpc) is 3.35. The normalized spacial score (nSPS) is 11.4. The summed E-state index contributed by atoms with van der Waals surface area (Å²) < 4.78 is 75.5. The standard InChI is InChI=1S/C27H18F5N3O2S/c1-14(2)19-6-16(11-34-25(19)38-3)17-7-24(37-13-17)23-9-21(27(30,31)32)20(10-33)26(36)35(23)12-15-4-5-18(28)8-22(15)29/h4-9,11,13H,1,12H2,2-3H3. The van der Waals surface area contributed by atoms with Gasteiger partial charge in [-0.25, -0.2) is 13.8 Å². The molecule has 0 spiro atoms. The summed E-state index contributed by atoms with van der Waals surface area (Å²) in [5, 5.41) is 10.1. The molecule has 4 rings (SSSR count). The molecule has 0 aliphatic rings. The zero-order valence-corrected chi connectivity index (χ0v) is 20.8. The number of thioether (sulfide) groups is 1. The molecule has 0 N–H and O–H groups in total. The number of rotatable bonds is 6. The lowest BCUT2D eigenvalue weighted by molar-refractivity contribution is -0.137. The van der Waals surface area contributed by atoms with Crippen LogP contribution in [-0.4, -0.2) is 15.8 Å². The predicted octanol–water partition coefficient (Wildman–Crippen LogP) is 7.14. The van der Waals surface area contributed by atoms with Crippen molar-refractivity contribution >= 4 is 17.3 Å². The second-order valence-corrected chi connectivity index (χ2v) is 9.11. The van der Waals surface area contributed by atoms with E-state index in [0.29, 0.717) is 23.3 Å². The van der Waals surface area contributed by atoms with Gasteiger partial charge in [-0.3, -0.25) is 9.36 Å². The first kappa shape index (κ1) is 26.9. The molecule has 1 aromatic carbocycles. The molecular weight excluding hydrogens is 525 g/mol. The van der Waals surface area contributed by atoms with E-state index < -0.39 is 41.0 Å². The van der Waals surface area contributed by atoms with E-state index in [1.807, 2.05) is 13.2 Å². The summed E-state index contributed by atoms with van der Waals surface area (Å²) >= 11 is 1.42. The van der Waals surface area contributed by atoms with Crippen molar-refractivity contribution < 1.29 is 26.4 Å². The minimum Gasteiger partial charge on any atom is -0.462 e. The van der Waals surface area contributed by atoms with E-state index in [1.165, 1.54) is 30.2 Å². The number of nitriles is 1. The molecule has 0 saturated heterocycles. The monoisotopic (exact) mass is 543 g/mol. The lowest BCUT2D eigenvalue weighted by Gasteiger charge is -2.16. The first-order valence-electron chi connectivity index (χ1n) is 10.9. The fraction of sp³-hybridized carbons (Fsp3) is 0.148. The van der Waals surface area contributed by atoms with Gasteiger partial charge in [0.2, 0.25) is 0 Å². The second-order valence-electron chi connectivity index (χ2n) is 8.32. The minimum absolute atomic E-state index is 0.138. The molecule has 0 aliphatic carbocycles. The maximum Gasteiger partial charge on any atom is 0.417 e. The van der Waals surface area contributed by atoms with Gasteiger partial charge in [-0.2, -0.15) is 18.4 Å². The van der Waals surface area contributed by atoms with Crippen molar-refractivity contribution in [3.8, 4) is 28.7 Å². The largest absolute Gasteiger partial charge is 0.462 e. The van der Waals surface area contributed by atoms with Crippen molar-refractivity contribution in [1.29, 1.82) is 5.26 Å². The van der Waals surface area contributed by atoms with Gasteiger partial charge >= 0.3 is 6.18 Å². The van der Waals surface area contributed by atoms with Crippen LogP contribution in [0.15, 0.2) is 69.7 Å². The topological polar surface area (TPSA) is 71.8 Å². The van der Waals surface area contributed by atoms with Crippen LogP contribution in [0.1, 0.15) is 29.2 Å². The number of allylic oxidation sites excluding steroid dienone is 1. The number of halogens is 5. The first-order chi connectivity index (χ1) is 17.9. The van der Waals surface area contributed by atoms with E-state index in [2.05, 4.69) is 11.6 Å². The van der Waals surface area contributed by atoms with Crippen LogP contribution in [0, 0.1) is 23.0 Å². The van der Waals surface area contributed by atoms with Gasteiger partial charge in [0.25, 0.3) is 5.56 Å². The van der Waals surface area contributed by atoms with Crippen molar-refractivity contribution in [2.45, 2.75) is 24.7 Å². The average molecular weight is 544 g/mol. The summed E-state index contributed by atoms with van der Waals surface area (Å²) in [6.07, 6.45) is -0.320. The number of furan rings is 1.